The minimum Gasteiger partial charge on any atom is -0.335 e. The third kappa shape index (κ3) is 3.74. The molecule has 1 fully saturated rings. The van der Waals surface area contributed by atoms with Crippen molar-refractivity contribution in [2.45, 2.75) is 38.4 Å². The predicted octanol–water partition coefficient (Wildman–Crippen LogP) is 2.41. The standard InChI is InChI=1S/C21H20FN3O3/c22-15-5-3-4-14(12-15)13-25(16-8-9-16)19(26)10-11-24-18-7-2-1-6-17(18)20(27)23-21(24)28/h1-7,12,16H,8-11,13H2,(H,23,27,28). The number of benzene rings is 2. The molecule has 1 aliphatic carbocycles. The number of fused-ring (bicyclic) bond motifs is 1. The van der Waals surface area contributed by atoms with E-state index in [2.05, 4.69) is 4.98 Å². The molecule has 0 atom stereocenters. The van der Waals surface area contributed by atoms with E-state index in [0.29, 0.717) is 17.4 Å². The van der Waals surface area contributed by atoms with Crippen LogP contribution in [0.5, 0.6) is 0 Å². The number of nitrogens with zero attached hydrogens (tertiary/aromatic N) is 2. The summed E-state index contributed by atoms with van der Waals surface area (Å²) in [6.07, 6.45) is 1.99. The quantitative estimate of drug-likeness (QED) is 0.713. The number of amides is 1. The van der Waals surface area contributed by atoms with E-state index in [-0.39, 0.29) is 30.7 Å². The fraction of sp³-hybridized carbons (Fsp3) is 0.286. The molecule has 0 aliphatic heterocycles. The van der Waals surface area contributed by atoms with Crippen LogP contribution >= 0.6 is 0 Å². The van der Waals surface area contributed by atoms with Crippen LogP contribution in [-0.4, -0.2) is 26.4 Å². The van der Waals surface area contributed by atoms with Gasteiger partial charge in [-0.3, -0.25) is 19.1 Å². The first-order valence-electron chi connectivity index (χ1n) is 9.29. The molecule has 0 saturated heterocycles. The van der Waals surface area contributed by atoms with E-state index in [0.717, 1.165) is 18.4 Å². The number of H-pyrrole nitrogens is 1. The molecule has 6 nitrogen and oxygen atoms in total. The van der Waals surface area contributed by atoms with Crippen molar-refractivity contribution in [1.82, 2.24) is 14.5 Å². The van der Waals surface area contributed by atoms with Crippen LogP contribution in [-0.2, 0) is 17.9 Å². The van der Waals surface area contributed by atoms with Crippen LogP contribution in [0.4, 0.5) is 4.39 Å². The summed E-state index contributed by atoms with van der Waals surface area (Å²) in [7, 11) is 0. The molecule has 1 heterocycles. The lowest BCUT2D eigenvalue weighted by atomic mass is 10.2. The van der Waals surface area contributed by atoms with Gasteiger partial charge in [-0.25, -0.2) is 9.18 Å². The Hall–Kier alpha value is -3.22. The number of nitrogens with one attached hydrogen (secondary N) is 1. The normalized spacial score (nSPS) is 13.6. The zero-order valence-electron chi connectivity index (χ0n) is 15.2. The molecule has 0 radical (unpaired) electrons. The Morgan fingerprint density at radius 3 is 2.68 bits per heavy atom. The van der Waals surface area contributed by atoms with Gasteiger partial charge in [-0.15, -0.1) is 0 Å². The van der Waals surface area contributed by atoms with Gasteiger partial charge in [0, 0.05) is 25.6 Å². The molecule has 2 aromatic carbocycles. The van der Waals surface area contributed by atoms with Crippen LogP contribution in [0.2, 0.25) is 0 Å². The maximum Gasteiger partial charge on any atom is 0.328 e. The second-order valence-electron chi connectivity index (χ2n) is 7.06. The van der Waals surface area contributed by atoms with Crippen molar-refractivity contribution in [2.75, 3.05) is 0 Å². The van der Waals surface area contributed by atoms with Gasteiger partial charge in [0.25, 0.3) is 5.56 Å². The summed E-state index contributed by atoms with van der Waals surface area (Å²) in [6, 6.07) is 13.2. The van der Waals surface area contributed by atoms with Crippen molar-refractivity contribution in [3.8, 4) is 0 Å². The summed E-state index contributed by atoms with van der Waals surface area (Å²) in [5.41, 5.74) is 0.285. The fourth-order valence-corrected chi connectivity index (χ4v) is 3.45. The third-order valence-corrected chi connectivity index (χ3v) is 5.00. The summed E-state index contributed by atoms with van der Waals surface area (Å²) >= 11 is 0. The molecule has 0 bridgehead atoms. The van der Waals surface area contributed by atoms with Gasteiger partial charge in [0.15, 0.2) is 0 Å². The highest BCUT2D eigenvalue weighted by atomic mass is 19.1. The lowest BCUT2D eigenvalue weighted by Gasteiger charge is -2.23. The number of aryl methyl sites for hydroxylation is 1. The smallest absolute Gasteiger partial charge is 0.328 e. The summed E-state index contributed by atoms with van der Waals surface area (Å²) < 4.78 is 14.9. The van der Waals surface area contributed by atoms with E-state index in [1.165, 1.54) is 16.7 Å². The minimum atomic E-state index is -0.528. The highest BCUT2D eigenvalue weighted by molar-refractivity contribution is 5.79. The van der Waals surface area contributed by atoms with Gasteiger partial charge in [0.2, 0.25) is 5.91 Å². The second-order valence-corrected chi connectivity index (χ2v) is 7.06. The Morgan fingerprint density at radius 1 is 1.14 bits per heavy atom. The SMILES string of the molecule is O=C(CCn1c(=O)[nH]c(=O)c2ccccc21)N(Cc1cccc(F)c1)C1CC1. The first kappa shape index (κ1) is 18.2. The van der Waals surface area contributed by atoms with Gasteiger partial charge in [-0.1, -0.05) is 24.3 Å². The molecule has 144 valence electrons. The number of hydrogen-bond donors (Lipinski definition) is 1. The zero-order valence-corrected chi connectivity index (χ0v) is 15.2. The Morgan fingerprint density at radius 2 is 1.93 bits per heavy atom. The number of aromatic nitrogens is 2. The van der Waals surface area contributed by atoms with E-state index in [9.17, 15) is 18.8 Å². The van der Waals surface area contributed by atoms with Crippen molar-refractivity contribution in [3.05, 3.63) is 80.7 Å². The number of hydrogen-bond acceptors (Lipinski definition) is 3. The molecule has 1 amide bonds. The Bertz CT molecular complexity index is 1150. The van der Waals surface area contributed by atoms with Crippen molar-refractivity contribution in [3.63, 3.8) is 0 Å². The molecule has 7 heteroatoms. The average Bonchev–Trinajstić information content (AvgIpc) is 3.51. The summed E-state index contributed by atoms with van der Waals surface area (Å²) in [4.78, 5) is 41.1. The van der Waals surface area contributed by atoms with Crippen molar-refractivity contribution >= 4 is 16.8 Å². The van der Waals surface area contributed by atoms with Crippen LogP contribution in [0.25, 0.3) is 10.9 Å². The molecule has 3 aromatic rings. The Balaban J connectivity index is 1.54. The third-order valence-electron chi connectivity index (χ3n) is 5.00. The highest BCUT2D eigenvalue weighted by Crippen LogP contribution is 2.29. The zero-order chi connectivity index (χ0) is 19.7. The number of carbonyl (C=O) groups is 1. The number of halogens is 1. The molecule has 1 aliphatic rings. The van der Waals surface area contributed by atoms with Crippen LogP contribution in [0, 0.1) is 5.82 Å². The van der Waals surface area contributed by atoms with Gasteiger partial charge in [0.05, 0.1) is 10.9 Å². The lowest BCUT2D eigenvalue weighted by Crippen LogP contribution is -2.35. The number of rotatable bonds is 6. The first-order chi connectivity index (χ1) is 13.5. The molecule has 4 rings (SSSR count). The van der Waals surface area contributed by atoms with Gasteiger partial charge < -0.3 is 4.90 Å². The van der Waals surface area contributed by atoms with E-state index < -0.39 is 11.2 Å². The molecule has 1 N–H and O–H groups in total. The molecule has 0 unspecified atom stereocenters. The highest BCUT2D eigenvalue weighted by Gasteiger charge is 2.32. The molecule has 28 heavy (non-hydrogen) atoms. The van der Waals surface area contributed by atoms with Gasteiger partial charge in [-0.05, 0) is 42.7 Å². The van der Waals surface area contributed by atoms with Crippen LogP contribution < -0.4 is 11.2 Å². The molecule has 1 aromatic heterocycles. The van der Waals surface area contributed by atoms with Crippen molar-refractivity contribution < 1.29 is 9.18 Å². The largest absolute Gasteiger partial charge is 0.335 e. The maximum atomic E-state index is 13.5. The number of aromatic amines is 1. The van der Waals surface area contributed by atoms with Crippen molar-refractivity contribution in [1.29, 1.82) is 0 Å². The Labute approximate surface area is 160 Å². The number of carbonyl (C=O) groups excluding carboxylic acids is 1. The Kier molecular flexibility index (Phi) is 4.81. The fourth-order valence-electron chi connectivity index (χ4n) is 3.45. The van der Waals surface area contributed by atoms with E-state index in [1.54, 1.807) is 41.3 Å². The van der Waals surface area contributed by atoms with Gasteiger partial charge >= 0.3 is 5.69 Å². The lowest BCUT2D eigenvalue weighted by molar-refractivity contribution is -0.132. The van der Waals surface area contributed by atoms with E-state index >= 15 is 0 Å². The predicted molar refractivity (Wildman–Crippen MR) is 103 cm³/mol. The summed E-state index contributed by atoms with van der Waals surface area (Å²) in [5, 5.41) is 0.411. The van der Waals surface area contributed by atoms with Gasteiger partial charge in [0.1, 0.15) is 5.82 Å². The topological polar surface area (TPSA) is 75.2 Å². The van der Waals surface area contributed by atoms with Crippen LogP contribution in [0.15, 0.2) is 58.1 Å². The second kappa shape index (κ2) is 7.42. The molecular weight excluding hydrogens is 361 g/mol. The maximum absolute atomic E-state index is 13.5. The van der Waals surface area contributed by atoms with Crippen LogP contribution in [0.1, 0.15) is 24.8 Å². The van der Waals surface area contributed by atoms with Gasteiger partial charge in [-0.2, -0.15) is 0 Å². The molecule has 0 spiro atoms. The van der Waals surface area contributed by atoms with E-state index in [1.807, 2.05) is 0 Å². The molecular formula is C21H20FN3O3. The summed E-state index contributed by atoms with van der Waals surface area (Å²) in [6.45, 7) is 0.518. The monoisotopic (exact) mass is 381 g/mol. The average molecular weight is 381 g/mol. The summed E-state index contributed by atoms with van der Waals surface area (Å²) in [5.74, 6) is -0.416. The van der Waals surface area contributed by atoms with E-state index in [4.69, 9.17) is 0 Å². The van der Waals surface area contributed by atoms with Crippen molar-refractivity contribution in [2.24, 2.45) is 0 Å². The number of para-hydroxylation sites is 1. The first-order valence-corrected chi connectivity index (χ1v) is 9.29. The minimum absolute atomic E-state index is 0.0889. The molecule has 1 saturated carbocycles. The van der Waals surface area contributed by atoms with Crippen LogP contribution in [0.3, 0.4) is 0 Å².